The van der Waals surface area contributed by atoms with Crippen molar-refractivity contribution in [1.82, 2.24) is 0 Å². The van der Waals surface area contributed by atoms with Crippen molar-refractivity contribution in [2.24, 2.45) is 0 Å². The van der Waals surface area contributed by atoms with Crippen LogP contribution >= 0.6 is 0 Å². The summed E-state index contributed by atoms with van der Waals surface area (Å²) < 4.78 is 10.5. The van der Waals surface area contributed by atoms with E-state index in [0.717, 1.165) is 16.5 Å². The second-order valence-corrected chi connectivity index (χ2v) is 5.47. The van der Waals surface area contributed by atoms with Crippen LogP contribution in [0.5, 0.6) is 5.75 Å². The van der Waals surface area contributed by atoms with Gasteiger partial charge >= 0.3 is 5.63 Å². The third-order valence-electron chi connectivity index (χ3n) is 3.84. The minimum Gasteiger partial charge on any atom is -0.546 e. The van der Waals surface area contributed by atoms with Gasteiger partial charge in [0.25, 0.3) is 0 Å². The SMILES string of the molecule is Cc1c(Cc2ccccc2)c(=O)oc2cc(OCC(=O)[O-])ccc12. The first-order valence-electron chi connectivity index (χ1n) is 7.47. The average molecular weight is 323 g/mol. The number of benzene rings is 2. The van der Waals surface area contributed by atoms with Gasteiger partial charge in [0, 0.05) is 23.4 Å². The van der Waals surface area contributed by atoms with Gasteiger partial charge in [-0.3, -0.25) is 0 Å². The van der Waals surface area contributed by atoms with Crippen molar-refractivity contribution in [3.8, 4) is 5.75 Å². The zero-order valence-corrected chi connectivity index (χ0v) is 13.1. The molecule has 0 fully saturated rings. The molecule has 0 unspecified atom stereocenters. The summed E-state index contributed by atoms with van der Waals surface area (Å²) in [7, 11) is 0. The zero-order chi connectivity index (χ0) is 17.1. The van der Waals surface area contributed by atoms with Gasteiger partial charge in [-0.1, -0.05) is 30.3 Å². The predicted molar refractivity (Wildman–Crippen MR) is 87.0 cm³/mol. The smallest absolute Gasteiger partial charge is 0.340 e. The first-order valence-corrected chi connectivity index (χ1v) is 7.47. The minimum atomic E-state index is -1.31. The largest absolute Gasteiger partial charge is 0.546 e. The molecule has 1 aromatic heterocycles. The summed E-state index contributed by atoms with van der Waals surface area (Å²) in [5, 5.41) is 11.2. The van der Waals surface area contributed by atoms with E-state index in [1.807, 2.05) is 37.3 Å². The van der Waals surface area contributed by atoms with Crippen molar-refractivity contribution >= 4 is 16.9 Å². The Morgan fingerprint density at radius 3 is 2.62 bits per heavy atom. The monoisotopic (exact) mass is 323 g/mol. The maximum absolute atomic E-state index is 12.3. The van der Waals surface area contributed by atoms with Crippen LogP contribution in [0.25, 0.3) is 11.0 Å². The third-order valence-corrected chi connectivity index (χ3v) is 3.84. The summed E-state index contributed by atoms with van der Waals surface area (Å²) in [6.45, 7) is 1.32. The van der Waals surface area contributed by atoms with Crippen LogP contribution in [0.1, 0.15) is 16.7 Å². The van der Waals surface area contributed by atoms with E-state index >= 15 is 0 Å². The molecule has 0 aliphatic rings. The van der Waals surface area contributed by atoms with Gasteiger partial charge in [0.1, 0.15) is 17.9 Å². The quantitative estimate of drug-likeness (QED) is 0.669. The number of carboxylic acid groups (broad SMARTS) is 1. The molecule has 24 heavy (non-hydrogen) atoms. The highest BCUT2D eigenvalue weighted by Gasteiger charge is 2.12. The second kappa shape index (κ2) is 6.58. The van der Waals surface area contributed by atoms with Gasteiger partial charge in [0.05, 0.1) is 5.97 Å². The van der Waals surface area contributed by atoms with Gasteiger partial charge in [-0.2, -0.15) is 0 Å². The lowest BCUT2D eigenvalue weighted by Gasteiger charge is -2.10. The van der Waals surface area contributed by atoms with Crippen LogP contribution in [0.4, 0.5) is 0 Å². The van der Waals surface area contributed by atoms with Crippen LogP contribution in [0.2, 0.25) is 0 Å². The molecule has 0 aliphatic carbocycles. The molecule has 0 saturated heterocycles. The summed E-state index contributed by atoms with van der Waals surface area (Å²) in [5.41, 5.74) is 2.45. The molecule has 0 saturated carbocycles. The van der Waals surface area contributed by atoms with E-state index in [-0.39, 0.29) is 0 Å². The van der Waals surface area contributed by atoms with Gasteiger partial charge in [-0.25, -0.2) is 4.79 Å². The molecule has 0 N–H and O–H groups in total. The van der Waals surface area contributed by atoms with Crippen molar-refractivity contribution in [3.05, 3.63) is 75.6 Å². The Hall–Kier alpha value is -3.08. The van der Waals surface area contributed by atoms with Crippen molar-refractivity contribution in [2.75, 3.05) is 6.61 Å². The van der Waals surface area contributed by atoms with E-state index in [2.05, 4.69) is 0 Å². The van der Waals surface area contributed by atoms with E-state index in [9.17, 15) is 14.7 Å². The number of fused-ring (bicyclic) bond motifs is 1. The number of hydrogen-bond donors (Lipinski definition) is 0. The molecular formula is C19H15O5-. The van der Waals surface area contributed by atoms with E-state index in [0.29, 0.717) is 23.3 Å². The summed E-state index contributed by atoms with van der Waals surface area (Å²) in [5.74, 6) is -1.00. The van der Waals surface area contributed by atoms with Gasteiger partial charge in [-0.15, -0.1) is 0 Å². The number of ether oxygens (including phenoxy) is 1. The van der Waals surface area contributed by atoms with Gasteiger partial charge < -0.3 is 19.1 Å². The minimum absolute atomic E-state index is 0.310. The van der Waals surface area contributed by atoms with Crippen LogP contribution in [0.15, 0.2) is 57.7 Å². The molecule has 5 heteroatoms. The molecule has 0 radical (unpaired) electrons. The lowest BCUT2D eigenvalue weighted by molar-refractivity contribution is -0.307. The number of rotatable bonds is 5. The summed E-state index contributed by atoms with van der Waals surface area (Å²) in [6.07, 6.45) is 0.494. The van der Waals surface area contributed by atoms with E-state index < -0.39 is 18.2 Å². The molecular weight excluding hydrogens is 308 g/mol. The molecule has 2 aromatic carbocycles. The van der Waals surface area contributed by atoms with Crippen LogP contribution < -0.4 is 15.5 Å². The highest BCUT2D eigenvalue weighted by molar-refractivity contribution is 5.82. The number of carbonyl (C=O) groups excluding carboxylic acids is 1. The van der Waals surface area contributed by atoms with E-state index in [1.165, 1.54) is 6.07 Å². The fourth-order valence-corrected chi connectivity index (χ4v) is 2.61. The highest BCUT2D eigenvalue weighted by atomic mass is 16.5. The molecule has 0 spiro atoms. The molecule has 3 aromatic rings. The van der Waals surface area contributed by atoms with Gasteiger partial charge in [-0.05, 0) is 30.2 Å². The average Bonchev–Trinajstić information content (AvgIpc) is 2.57. The number of carboxylic acids is 1. The molecule has 0 aliphatic heterocycles. The zero-order valence-electron chi connectivity index (χ0n) is 13.1. The maximum Gasteiger partial charge on any atom is 0.340 e. The van der Waals surface area contributed by atoms with Crippen LogP contribution in [0.3, 0.4) is 0 Å². The number of hydrogen-bond acceptors (Lipinski definition) is 5. The number of carbonyl (C=O) groups is 1. The molecule has 0 atom stereocenters. The summed E-state index contributed by atoms with van der Waals surface area (Å²) >= 11 is 0. The number of aliphatic carboxylic acids is 1. The fourth-order valence-electron chi connectivity index (χ4n) is 2.61. The van der Waals surface area contributed by atoms with E-state index in [1.54, 1.807) is 12.1 Å². The standard InChI is InChI=1S/C19H16O5/c1-12-15-8-7-14(23-11-18(20)21)10-17(15)24-19(22)16(12)9-13-5-3-2-4-6-13/h2-8,10H,9,11H2,1H3,(H,20,21)/p-1. The van der Waals surface area contributed by atoms with Crippen LogP contribution in [-0.2, 0) is 11.2 Å². The van der Waals surface area contributed by atoms with Crippen molar-refractivity contribution in [2.45, 2.75) is 13.3 Å². The molecule has 5 nitrogen and oxygen atoms in total. The van der Waals surface area contributed by atoms with Crippen molar-refractivity contribution in [3.63, 3.8) is 0 Å². The number of aryl methyl sites for hydroxylation is 1. The Labute approximate surface area is 138 Å². The van der Waals surface area contributed by atoms with Crippen LogP contribution in [0, 0.1) is 6.92 Å². The van der Waals surface area contributed by atoms with Gasteiger partial charge in [0.15, 0.2) is 0 Å². The molecule has 1 heterocycles. The third kappa shape index (κ3) is 3.30. The summed E-state index contributed by atoms with van der Waals surface area (Å²) in [6, 6.07) is 14.6. The van der Waals surface area contributed by atoms with Crippen LogP contribution in [-0.4, -0.2) is 12.6 Å². The molecule has 0 amide bonds. The normalized spacial score (nSPS) is 10.7. The Morgan fingerprint density at radius 1 is 1.17 bits per heavy atom. The Kier molecular flexibility index (Phi) is 4.33. The lowest BCUT2D eigenvalue weighted by Crippen LogP contribution is -2.28. The first kappa shape index (κ1) is 15.8. The van der Waals surface area contributed by atoms with Crippen molar-refractivity contribution < 1.29 is 19.1 Å². The molecule has 3 rings (SSSR count). The van der Waals surface area contributed by atoms with Crippen molar-refractivity contribution in [1.29, 1.82) is 0 Å². The highest BCUT2D eigenvalue weighted by Crippen LogP contribution is 2.25. The first-order chi connectivity index (χ1) is 11.5. The Balaban J connectivity index is 2.00. The fraction of sp³-hybridized carbons (Fsp3) is 0.158. The van der Waals surface area contributed by atoms with E-state index in [4.69, 9.17) is 9.15 Å². The Bertz CT molecular complexity index is 941. The Morgan fingerprint density at radius 2 is 1.92 bits per heavy atom. The second-order valence-electron chi connectivity index (χ2n) is 5.47. The molecule has 0 bridgehead atoms. The van der Waals surface area contributed by atoms with Gasteiger partial charge in [0.2, 0.25) is 0 Å². The summed E-state index contributed by atoms with van der Waals surface area (Å²) in [4.78, 5) is 22.8. The molecule has 122 valence electrons. The predicted octanol–water partition coefficient (Wildman–Crippen LogP) is 1.82. The lowest BCUT2D eigenvalue weighted by atomic mass is 10.00. The maximum atomic E-state index is 12.3. The topological polar surface area (TPSA) is 79.6 Å².